The number of rotatable bonds is 6. The fraction of sp³-hybridized carbons (Fsp3) is 0. The van der Waals surface area contributed by atoms with Crippen LogP contribution >= 0.6 is 0 Å². The second-order valence-electron chi connectivity index (χ2n) is 12.1. The first-order valence-electron chi connectivity index (χ1n) is 16.4. The van der Waals surface area contributed by atoms with Gasteiger partial charge in [0.05, 0.1) is 28.1 Å². The van der Waals surface area contributed by atoms with E-state index in [0.717, 1.165) is 50.6 Å². The summed E-state index contributed by atoms with van der Waals surface area (Å²) in [5, 5.41) is 2.48. The Hall–Kier alpha value is -6.65. The third-order valence-corrected chi connectivity index (χ3v) is 9.10. The Balaban J connectivity index is 1.10. The molecule has 0 spiro atoms. The molecule has 0 aliphatic rings. The fourth-order valence-electron chi connectivity index (χ4n) is 6.65. The first-order chi connectivity index (χ1) is 24.3. The van der Waals surface area contributed by atoms with E-state index < -0.39 is 0 Å². The minimum absolute atomic E-state index is 0.700. The summed E-state index contributed by atoms with van der Waals surface area (Å²) in [6.45, 7) is 0. The monoisotopic (exact) mass is 626 g/mol. The second-order valence-corrected chi connectivity index (χ2v) is 12.1. The number of pyridine rings is 1. The lowest BCUT2D eigenvalue weighted by molar-refractivity contribution is 1.18. The average molecular weight is 627 g/mol. The lowest BCUT2D eigenvalue weighted by atomic mass is 10.00. The van der Waals surface area contributed by atoms with E-state index in [1.165, 1.54) is 27.4 Å². The molecule has 0 saturated heterocycles. The van der Waals surface area contributed by atoms with Gasteiger partial charge in [0.15, 0.2) is 5.82 Å². The van der Waals surface area contributed by atoms with Crippen LogP contribution in [0, 0.1) is 0 Å². The highest BCUT2D eigenvalue weighted by molar-refractivity contribution is 6.10. The van der Waals surface area contributed by atoms with Gasteiger partial charge in [-0.05, 0) is 59.7 Å². The van der Waals surface area contributed by atoms with Crippen LogP contribution in [0.15, 0.2) is 182 Å². The maximum absolute atomic E-state index is 5.05. The summed E-state index contributed by atoms with van der Waals surface area (Å²) in [7, 11) is 0. The molecule has 0 fully saturated rings. The Kier molecular flexibility index (Phi) is 7.10. The largest absolute Gasteiger partial charge is 0.309 e. The number of nitrogens with zero attached hydrogens (tertiary/aromatic N) is 4. The molecule has 9 rings (SSSR count). The maximum Gasteiger partial charge on any atom is 0.160 e. The molecule has 3 aromatic heterocycles. The number of benzene rings is 6. The molecule has 49 heavy (non-hydrogen) atoms. The smallest absolute Gasteiger partial charge is 0.160 e. The van der Waals surface area contributed by atoms with Crippen molar-refractivity contribution >= 4 is 21.8 Å². The van der Waals surface area contributed by atoms with Gasteiger partial charge in [0, 0.05) is 44.9 Å². The topological polar surface area (TPSA) is 43.6 Å². The summed E-state index contributed by atoms with van der Waals surface area (Å²) in [6.07, 6.45) is 1.82. The van der Waals surface area contributed by atoms with E-state index in [4.69, 9.17) is 9.97 Å². The number of fused-ring (bicyclic) bond motifs is 3. The molecule has 0 aliphatic heterocycles. The molecule has 0 bridgehead atoms. The van der Waals surface area contributed by atoms with Gasteiger partial charge in [-0.25, -0.2) is 9.97 Å². The van der Waals surface area contributed by atoms with Crippen LogP contribution in [0.4, 0.5) is 0 Å². The highest BCUT2D eigenvalue weighted by Crippen LogP contribution is 2.36. The summed E-state index contributed by atoms with van der Waals surface area (Å²) in [5.41, 5.74) is 12.7. The number of para-hydroxylation sites is 2. The quantitative estimate of drug-likeness (QED) is 0.184. The van der Waals surface area contributed by atoms with Crippen LogP contribution in [-0.2, 0) is 0 Å². The maximum atomic E-state index is 5.05. The molecule has 0 amide bonds. The first kappa shape index (κ1) is 28.6. The van der Waals surface area contributed by atoms with Crippen molar-refractivity contribution in [2.75, 3.05) is 0 Å². The van der Waals surface area contributed by atoms with Crippen molar-refractivity contribution in [3.8, 4) is 62.0 Å². The van der Waals surface area contributed by atoms with E-state index in [9.17, 15) is 0 Å². The van der Waals surface area contributed by atoms with Crippen molar-refractivity contribution in [3.05, 3.63) is 182 Å². The van der Waals surface area contributed by atoms with E-state index in [0.29, 0.717) is 5.82 Å². The summed E-state index contributed by atoms with van der Waals surface area (Å²) < 4.78 is 2.35. The number of hydrogen-bond acceptors (Lipinski definition) is 3. The van der Waals surface area contributed by atoms with E-state index >= 15 is 0 Å². The Morgan fingerprint density at radius 1 is 0.347 bits per heavy atom. The second kappa shape index (κ2) is 12.2. The van der Waals surface area contributed by atoms with Gasteiger partial charge in [-0.15, -0.1) is 0 Å². The van der Waals surface area contributed by atoms with Crippen molar-refractivity contribution in [2.45, 2.75) is 0 Å². The van der Waals surface area contributed by atoms with E-state index in [1.54, 1.807) is 0 Å². The summed E-state index contributed by atoms with van der Waals surface area (Å²) >= 11 is 0. The Morgan fingerprint density at radius 2 is 0.898 bits per heavy atom. The third-order valence-electron chi connectivity index (χ3n) is 9.10. The van der Waals surface area contributed by atoms with Crippen LogP contribution < -0.4 is 0 Å². The third kappa shape index (κ3) is 5.35. The average Bonchev–Trinajstić information content (AvgIpc) is 3.52. The van der Waals surface area contributed by atoms with Crippen LogP contribution in [0.2, 0.25) is 0 Å². The number of hydrogen-bond donors (Lipinski definition) is 0. The molecule has 0 unspecified atom stereocenters. The zero-order chi connectivity index (χ0) is 32.6. The van der Waals surface area contributed by atoms with E-state index in [-0.39, 0.29) is 0 Å². The lowest BCUT2D eigenvalue weighted by Crippen LogP contribution is -1.96. The van der Waals surface area contributed by atoms with Crippen molar-refractivity contribution < 1.29 is 0 Å². The van der Waals surface area contributed by atoms with Crippen molar-refractivity contribution in [2.24, 2.45) is 0 Å². The van der Waals surface area contributed by atoms with Gasteiger partial charge in [0.25, 0.3) is 0 Å². The van der Waals surface area contributed by atoms with Crippen molar-refractivity contribution in [1.82, 2.24) is 19.5 Å². The van der Waals surface area contributed by atoms with Crippen LogP contribution in [-0.4, -0.2) is 19.5 Å². The van der Waals surface area contributed by atoms with Gasteiger partial charge >= 0.3 is 0 Å². The highest BCUT2D eigenvalue weighted by atomic mass is 15.0. The molecule has 0 atom stereocenters. The van der Waals surface area contributed by atoms with Crippen LogP contribution in [0.25, 0.3) is 83.8 Å². The SMILES string of the molecule is c1ccc(-c2nc(-c3ccc(-c4ccc5c(c4)c4ccccc4n5-c4ccccc4)cc3)cc(-c3ccc(-c4ccccn4)cc3)n2)cc1. The summed E-state index contributed by atoms with van der Waals surface area (Å²) in [6, 6.07) is 61.4. The molecule has 230 valence electrons. The Labute approximate surface area is 284 Å². The predicted molar refractivity (Wildman–Crippen MR) is 201 cm³/mol. The molecular weight excluding hydrogens is 597 g/mol. The normalized spacial score (nSPS) is 11.3. The molecule has 6 aromatic carbocycles. The molecule has 9 aromatic rings. The minimum atomic E-state index is 0.700. The Morgan fingerprint density at radius 3 is 1.57 bits per heavy atom. The van der Waals surface area contributed by atoms with Gasteiger partial charge in [-0.1, -0.05) is 127 Å². The molecule has 0 saturated carbocycles. The Bertz CT molecular complexity index is 2560. The predicted octanol–water partition coefficient (Wildman–Crippen LogP) is 11.3. The van der Waals surface area contributed by atoms with E-state index in [2.05, 4.69) is 149 Å². The van der Waals surface area contributed by atoms with Crippen LogP contribution in [0.5, 0.6) is 0 Å². The number of aromatic nitrogens is 4. The molecule has 0 aliphatic carbocycles. The first-order valence-corrected chi connectivity index (χ1v) is 16.4. The summed E-state index contributed by atoms with van der Waals surface area (Å²) in [5.74, 6) is 0.700. The van der Waals surface area contributed by atoms with E-state index in [1.807, 2.05) is 42.6 Å². The summed E-state index contributed by atoms with van der Waals surface area (Å²) in [4.78, 5) is 14.6. The standard InChI is InChI=1S/C45H30N4/c1-3-11-35(12-4-1)45-47-41(30-42(48-45)34-24-22-32(23-25-34)40-16-9-10-28-46-40)33-20-18-31(19-21-33)36-26-27-44-39(29-36)38-15-7-8-17-43(38)49(44)37-13-5-2-6-14-37/h1-30H. The molecule has 4 heteroatoms. The van der Waals surface area contributed by atoms with Gasteiger partial charge in [-0.3, -0.25) is 4.98 Å². The van der Waals surface area contributed by atoms with Crippen molar-refractivity contribution in [1.29, 1.82) is 0 Å². The van der Waals surface area contributed by atoms with Gasteiger partial charge < -0.3 is 4.57 Å². The van der Waals surface area contributed by atoms with Gasteiger partial charge in [0.1, 0.15) is 0 Å². The van der Waals surface area contributed by atoms with Crippen LogP contribution in [0.1, 0.15) is 0 Å². The highest BCUT2D eigenvalue weighted by Gasteiger charge is 2.14. The zero-order valence-electron chi connectivity index (χ0n) is 26.6. The van der Waals surface area contributed by atoms with Gasteiger partial charge in [0.2, 0.25) is 0 Å². The zero-order valence-corrected chi connectivity index (χ0v) is 26.6. The molecule has 3 heterocycles. The molecule has 0 radical (unpaired) electrons. The van der Waals surface area contributed by atoms with Crippen LogP contribution in [0.3, 0.4) is 0 Å². The van der Waals surface area contributed by atoms with Gasteiger partial charge in [-0.2, -0.15) is 0 Å². The minimum Gasteiger partial charge on any atom is -0.309 e. The molecule has 4 nitrogen and oxygen atoms in total. The van der Waals surface area contributed by atoms with Crippen molar-refractivity contribution in [3.63, 3.8) is 0 Å². The fourth-order valence-corrected chi connectivity index (χ4v) is 6.65. The lowest BCUT2D eigenvalue weighted by Gasteiger charge is -2.11. The molecule has 0 N–H and O–H groups in total. The molecular formula is C45H30N4.